The van der Waals surface area contributed by atoms with E-state index in [1.54, 1.807) is 36.4 Å². The summed E-state index contributed by atoms with van der Waals surface area (Å²) in [5, 5.41) is 18.5. The first-order valence-corrected chi connectivity index (χ1v) is 8.64. The second-order valence-electron chi connectivity index (χ2n) is 6.16. The van der Waals surface area contributed by atoms with Gasteiger partial charge in [-0.3, -0.25) is 9.59 Å². The Morgan fingerprint density at radius 2 is 0.857 bits per heavy atom. The SMILES string of the molecule is O=C(/C=C\c1ccc(/C=C\C(=O)c2ccc(O)cc2)cc1)c1ccc(O)cc1. The Bertz CT molecular complexity index is 939. The lowest BCUT2D eigenvalue weighted by Crippen LogP contribution is -1.93. The van der Waals surface area contributed by atoms with Crippen LogP contribution in [0.25, 0.3) is 12.2 Å². The molecule has 3 rings (SSSR count). The fourth-order valence-corrected chi connectivity index (χ4v) is 2.51. The number of ketones is 2. The van der Waals surface area contributed by atoms with Crippen molar-refractivity contribution in [3.05, 3.63) is 107 Å². The lowest BCUT2D eigenvalue weighted by Gasteiger charge is -1.98. The maximum atomic E-state index is 12.1. The molecular weight excluding hydrogens is 352 g/mol. The Balaban J connectivity index is 1.62. The molecule has 3 aromatic rings. The van der Waals surface area contributed by atoms with Gasteiger partial charge in [-0.15, -0.1) is 0 Å². The van der Waals surface area contributed by atoms with Crippen molar-refractivity contribution in [1.29, 1.82) is 0 Å². The van der Waals surface area contributed by atoms with Crippen molar-refractivity contribution < 1.29 is 19.8 Å². The Morgan fingerprint density at radius 3 is 1.18 bits per heavy atom. The zero-order valence-corrected chi connectivity index (χ0v) is 14.9. The van der Waals surface area contributed by atoms with E-state index >= 15 is 0 Å². The van der Waals surface area contributed by atoms with Crippen LogP contribution in [0.3, 0.4) is 0 Å². The van der Waals surface area contributed by atoms with Gasteiger partial charge in [0.25, 0.3) is 0 Å². The minimum atomic E-state index is -0.150. The number of phenols is 2. The quantitative estimate of drug-likeness (QED) is 0.478. The second kappa shape index (κ2) is 8.64. The Kier molecular flexibility index (Phi) is 5.82. The monoisotopic (exact) mass is 370 g/mol. The summed E-state index contributed by atoms with van der Waals surface area (Å²) >= 11 is 0. The van der Waals surface area contributed by atoms with Crippen LogP contribution in [-0.2, 0) is 0 Å². The van der Waals surface area contributed by atoms with Crippen LogP contribution < -0.4 is 0 Å². The molecule has 0 aromatic heterocycles. The fraction of sp³-hybridized carbons (Fsp3) is 0. The van der Waals surface area contributed by atoms with Crippen LogP contribution in [0.4, 0.5) is 0 Å². The van der Waals surface area contributed by atoms with Gasteiger partial charge in [-0.1, -0.05) is 36.4 Å². The fourth-order valence-electron chi connectivity index (χ4n) is 2.51. The van der Waals surface area contributed by atoms with E-state index in [4.69, 9.17) is 0 Å². The van der Waals surface area contributed by atoms with Crippen molar-refractivity contribution in [3.8, 4) is 11.5 Å². The highest BCUT2D eigenvalue weighted by Crippen LogP contribution is 2.14. The average Bonchev–Trinajstić information content (AvgIpc) is 2.72. The van der Waals surface area contributed by atoms with Crippen LogP contribution in [0.2, 0.25) is 0 Å². The molecule has 0 aliphatic carbocycles. The van der Waals surface area contributed by atoms with Crippen molar-refractivity contribution in [3.63, 3.8) is 0 Å². The molecule has 0 aliphatic heterocycles. The highest BCUT2D eigenvalue weighted by atomic mass is 16.3. The Labute approximate surface area is 162 Å². The predicted molar refractivity (Wildman–Crippen MR) is 109 cm³/mol. The van der Waals surface area contributed by atoms with Crippen LogP contribution in [0.5, 0.6) is 11.5 Å². The summed E-state index contributed by atoms with van der Waals surface area (Å²) < 4.78 is 0. The molecule has 0 unspecified atom stereocenters. The maximum Gasteiger partial charge on any atom is 0.185 e. The number of carbonyl (C=O) groups is 2. The third kappa shape index (κ3) is 5.05. The van der Waals surface area contributed by atoms with E-state index in [-0.39, 0.29) is 23.1 Å². The van der Waals surface area contributed by atoms with E-state index in [1.165, 1.54) is 36.4 Å². The molecule has 3 aromatic carbocycles. The summed E-state index contributed by atoms with van der Waals surface area (Å²) in [6, 6.07) is 19.6. The molecule has 4 heteroatoms. The average molecular weight is 370 g/mol. The molecule has 0 saturated carbocycles. The molecule has 0 bridgehead atoms. The molecule has 28 heavy (non-hydrogen) atoms. The minimum absolute atomic E-state index is 0.119. The lowest BCUT2D eigenvalue weighted by atomic mass is 10.1. The lowest BCUT2D eigenvalue weighted by molar-refractivity contribution is 0.103. The van der Waals surface area contributed by atoms with Gasteiger partial charge in [-0.05, 0) is 71.8 Å². The van der Waals surface area contributed by atoms with Crippen molar-refractivity contribution >= 4 is 23.7 Å². The molecule has 0 saturated heterocycles. The summed E-state index contributed by atoms with van der Waals surface area (Å²) in [4.78, 5) is 24.2. The van der Waals surface area contributed by atoms with E-state index in [1.807, 2.05) is 24.3 Å². The van der Waals surface area contributed by atoms with Crippen LogP contribution in [0, 0.1) is 0 Å². The zero-order chi connectivity index (χ0) is 19.9. The topological polar surface area (TPSA) is 74.6 Å². The van der Waals surface area contributed by atoms with Crippen LogP contribution in [0.15, 0.2) is 84.9 Å². The van der Waals surface area contributed by atoms with Gasteiger partial charge in [-0.25, -0.2) is 0 Å². The first kappa shape index (κ1) is 18.9. The maximum absolute atomic E-state index is 12.1. The first-order valence-electron chi connectivity index (χ1n) is 8.64. The predicted octanol–water partition coefficient (Wildman–Crippen LogP) is 4.89. The number of benzene rings is 3. The smallest absolute Gasteiger partial charge is 0.185 e. The van der Waals surface area contributed by atoms with Crippen molar-refractivity contribution in [1.82, 2.24) is 0 Å². The molecule has 0 heterocycles. The third-order valence-electron chi connectivity index (χ3n) is 4.09. The van der Waals surface area contributed by atoms with Crippen molar-refractivity contribution in [2.24, 2.45) is 0 Å². The molecule has 0 radical (unpaired) electrons. The summed E-state index contributed by atoms with van der Waals surface area (Å²) in [5.74, 6) is -0.0620. The number of carbonyl (C=O) groups excluding carboxylic acids is 2. The molecule has 138 valence electrons. The first-order chi connectivity index (χ1) is 13.5. The molecule has 0 fully saturated rings. The van der Waals surface area contributed by atoms with Crippen LogP contribution in [-0.4, -0.2) is 21.8 Å². The molecule has 0 spiro atoms. The molecule has 2 N–H and O–H groups in total. The van der Waals surface area contributed by atoms with E-state index in [0.29, 0.717) is 11.1 Å². The van der Waals surface area contributed by atoms with Gasteiger partial charge < -0.3 is 10.2 Å². The Morgan fingerprint density at radius 1 is 0.536 bits per heavy atom. The minimum Gasteiger partial charge on any atom is -0.508 e. The number of hydrogen-bond donors (Lipinski definition) is 2. The van der Waals surface area contributed by atoms with Gasteiger partial charge in [-0.2, -0.15) is 0 Å². The highest BCUT2D eigenvalue weighted by Gasteiger charge is 2.02. The Hall–Kier alpha value is -3.92. The number of aromatic hydroxyl groups is 2. The third-order valence-corrected chi connectivity index (χ3v) is 4.09. The summed E-state index contributed by atoms with van der Waals surface area (Å²) in [6.45, 7) is 0. The van der Waals surface area contributed by atoms with E-state index < -0.39 is 0 Å². The molecule has 0 aliphatic rings. The highest BCUT2D eigenvalue weighted by molar-refractivity contribution is 6.07. The number of hydrogen-bond acceptors (Lipinski definition) is 4. The molecular formula is C24H18O4. The second-order valence-corrected chi connectivity index (χ2v) is 6.16. The van der Waals surface area contributed by atoms with Gasteiger partial charge >= 0.3 is 0 Å². The summed E-state index contributed by atoms with van der Waals surface area (Å²) in [5.41, 5.74) is 2.71. The van der Waals surface area contributed by atoms with Gasteiger partial charge in [0.2, 0.25) is 0 Å². The van der Waals surface area contributed by atoms with Crippen molar-refractivity contribution in [2.75, 3.05) is 0 Å². The number of allylic oxidation sites excluding steroid dienone is 2. The van der Waals surface area contributed by atoms with Crippen LogP contribution in [0.1, 0.15) is 31.8 Å². The van der Waals surface area contributed by atoms with Gasteiger partial charge in [0.15, 0.2) is 11.6 Å². The molecule has 0 amide bonds. The summed E-state index contributed by atoms with van der Waals surface area (Å²) in [7, 11) is 0. The van der Waals surface area contributed by atoms with Gasteiger partial charge in [0.05, 0.1) is 0 Å². The molecule has 0 atom stereocenters. The van der Waals surface area contributed by atoms with E-state index in [9.17, 15) is 19.8 Å². The zero-order valence-electron chi connectivity index (χ0n) is 14.9. The summed E-state index contributed by atoms with van der Waals surface area (Å²) in [6.07, 6.45) is 6.38. The number of phenolic OH excluding ortho intramolecular Hbond substituents is 2. The van der Waals surface area contributed by atoms with E-state index in [2.05, 4.69) is 0 Å². The standard InChI is InChI=1S/C24H18O4/c25-21-11-7-19(8-12-21)23(27)15-5-17-1-2-18(4-3-17)6-16-24(28)20-9-13-22(26)14-10-20/h1-16,25-26H/b15-5-,16-6-. The largest absolute Gasteiger partial charge is 0.508 e. The normalized spacial score (nSPS) is 11.1. The van der Waals surface area contributed by atoms with Gasteiger partial charge in [0, 0.05) is 11.1 Å². The number of rotatable bonds is 6. The van der Waals surface area contributed by atoms with E-state index in [0.717, 1.165) is 11.1 Å². The van der Waals surface area contributed by atoms with Crippen LogP contribution >= 0.6 is 0 Å². The van der Waals surface area contributed by atoms with Gasteiger partial charge in [0.1, 0.15) is 11.5 Å². The van der Waals surface area contributed by atoms with Crippen molar-refractivity contribution in [2.45, 2.75) is 0 Å². The molecule has 4 nitrogen and oxygen atoms in total.